The molecule has 6 heteroatoms. The summed E-state index contributed by atoms with van der Waals surface area (Å²) in [6.07, 6.45) is 1.49. The van der Waals surface area contributed by atoms with Crippen molar-refractivity contribution in [3.63, 3.8) is 0 Å². The summed E-state index contributed by atoms with van der Waals surface area (Å²) in [5.74, 6) is 4.63. The molecule has 1 heterocycles. The summed E-state index contributed by atoms with van der Waals surface area (Å²) in [6, 6.07) is 3.31. The van der Waals surface area contributed by atoms with E-state index >= 15 is 0 Å². The van der Waals surface area contributed by atoms with Gasteiger partial charge in [-0.3, -0.25) is 5.84 Å². The third-order valence-corrected chi connectivity index (χ3v) is 1.34. The van der Waals surface area contributed by atoms with Crippen LogP contribution in [0.5, 0.6) is 0 Å². The van der Waals surface area contributed by atoms with Crippen LogP contribution in [0, 0.1) is 0 Å². The number of ether oxygens (including phenoxy) is 1. The molecule has 72 valence electrons. The van der Waals surface area contributed by atoms with Crippen LogP contribution < -0.4 is 11.3 Å². The molecule has 3 N–H and O–H groups in total. The topological polar surface area (TPSA) is 77.2 Å². The number of aromatic nitrogens is 1. The minimum absolute atomic E-state index is 0. The van der Waals surface area contributed by atoms with E-state index in [1.807, 2.05) is 0 Å². The van der Waals surface area contributed by atoms with E-state index < -0.39 is 5.97 Å². The Hall–Kier alpha value is -1.33. The van der Waals surface area contributed by atoms with Crippen molar-refractivity contribution in [1.29, 1.82) is 0 Å². The zero-order valence-electron chi connectivity index (χ0n) is 6.98. The Morgan fingerprint density at radius 2 is 2.38 bits per heavy atom. The Morgan fingerprint density at radius 1 is 1.69 bits per heavy atom. The lowest BCUT2D eigenvalue weighted by atomic mass is 10.3. The average molecular weight is 204 g/mol. The third kappa shape index (κ3) is 2.57. The summed E-state index contributed by atoms with van der Waals surface area (Å²) in [5, 5.41) is 0. The van der Waals surface area contributed by atoms with Crippen LogP contribution in [0.1, 0.15) is 10.5 Å². The molecule has 1 rings (SSSR count). The van der Waals surface area contributed by atoms with Crippen molar-refractivity contribution in [2.45, 2.75) is 0 Å². The fourth-order valence-corrected chi connectivity index (χ4v) is 0.781. The molecule has 5 nitrogen and oxygen atoms in total. The molecule has 0 atom stereocenters. The van der Waals surface area contributed by atoms with Gasteiger partial charge in [-0.2, -0.15) is 0 Å². The minimum atomic E-state index is -0.511. The number of esters is 1. The molecule has 0 radical (unpaired) electrons. The Bertz CT molecular complexity index is 293. The number of hydrogen-bond acceptors (Lipinski definition) is 5. The predicted molar refractivity (Wildman–Crippen MR) is 50.6 cm³/mol. The van der Waals surface area contributed by atoms with E-state index in [0.29, 0.717) is 5.69 Å². The number of pyridine rings is 1. The molecule has 1 aromatic rings. The molecule has 1 aromatic heterocycles. The largest absolute Gasteiger partial charge is 0.464 e. The van der Waals surface area contributed by atoms with Gasteiger partial charge in [-0.25, -0.2) is 9.78 Å². The van der Waals surface area contributed by atoms with Crippen molar-refractivity contribution in [1.82, 2.24) is 4.98 Å². The first kappa shape index (κ1) is 11.7. The van der Waals surface area contributed by atoms with Crippen molar-refractivity contribution in [3.8, 4) is 0 Å². The molecule has 0 saturated carbocycles. The fraction of sp³-hybridized carbons (Fsp3) is 0.143. The van der Waals surface area contributed by atoms with E-state index in [4.69, 9.17) is 5.84 Å². The zero-order valence-corrected chi connectivity index (χ0v) is 7.80. The molecule has 0 aliphatic heterocycles. The van der Waals surface area contributed by atoms with Gasteiger partial charge < -0.3 is 10.2 Å². The summed E-state index contributed by atoms with van der Waals surface area (Å²) in [5.41, 5.74) is 2.98. The number of hydrogen-bond donors (Lipinski definition) is 2. The van der Waals surface area contributed by atoms with Gasteiger partial charge in [0.25, 0.3) is 0 Å². The standard InChI is InChI=1S/C7H9N3O2.ClH/c1-12-7(11)6-5(10-8)3-2-4-9-6;/h2-4,10H,8H2,1H3;1H. The second-order valence-corrected chi connectivity index (χ2v) is 2.04. The van der Waals surface area contributed by atoms with Gasteiger partial charge in [-0.05, 0) is 12.1 Å². The van der Waals surface area contributed by atoms with E-state index in [-0.39, 0.29) is 18.1 Å². The highest BCUT2D eigenvalue weighted by molar-refractivity contribution is 5.93. The summed E-state index contributed by atoms with van der Waals surface area (Å²) >= 11 is 0. The van der Waals surface area contributed by atoms with Crippen LogP contribution in [0.15, 0.2) is 18.3 Å². The smallest absolute Gasteiger partial charge is 0.358 e. The molecule has 13 heavy (non-hydrogen) atoms. The Labute approximate surface area is 81.7 Å². The van der Waals surface area contributed by atoms with Crippen LogP contribution in [0.25, 0.3) is 0 Å². The van der Waals surface area contributed by atoms with E-state index in [2.05, 4.69) is 15.1 Å². The average Bonchev–Trinajstić information content (AvgIpc) is 2.16. The molecule has 0 spiro atoms. The maximum atomic E-state index is 11.0. The van der Waals surface area contributed by atoms with E-state index in [9.17, 15) is 4.79 Å². The van der Waals surface area contributed by atoms with Crippen LogP contribution in [-0.2, 0) is 4.74 Å². The number of nitrogen functional groups attached to an aromatic ring is 1. The fourth-order valence-electron chi connectivity index (χ4n) is 0.781. The first-order valence-corrected chi connectivity index (χ1v) is 3.29. The number of methoxy groups -OCH3 is 1. The Morgan fingerprint density at radius 3 is 2.92 bits per heavy atom. The van der Waals surface area contributed by atoms with Crippen molar-refractivity contribution in [3.05, 3.63) is 24.0 Å². The summed E-state index contributed by atoms with van der Waals surface area (Å²) in [4.78, 5) is 14.8. The second-order valence-electron chi connectivity index (χ2n) is 2.04. The van der Waals surface area contributed by atoms with Crippen LogP contribution in [-0.4, -0.2) is 18.1 Å². The highest BCUT2D eigenvalue weighted by atomic mass is 35.5. The lowest BCUT2D eigenvalue weighted by Gasteiger charge is -2.03. The first-order valence-electron chi connectivity index (χ1n) is 3.29. The Kier molecular flexibility index (Phi) is 4.79. The molecule has 0 bridgehead atoms. The summed E-state index contributed by atoms with van der Waals surface area (Å²) in [7, 11) is 1.29. The molecule has 0 amide bonds. The van der Waals surface area contributed by atoms with Crippen LogP contribution in [0.4, 0.5) is 5.69 Å². The van der Waals surface area contributed by atoms with Crippen LogP contribution in [0.3, 0.4) is 0 Å². The first-order chi connectivity index (χ1) is 5.79. The normalized spacial score (nSPS) is 8.46. The number of anilines is 1. The number of nitrogens with one attached hydrogen (secondary N) is 1. The van der Waals surface area contributed by atoms with Gasteiger partial charge in [0.2, 0.25) is 0 Å². The van der Waals surface area contributed by atoms with Gasteiger partial charge in [0.1, 0.15) is 0 Å². The van der Waals surface area contributed by atoms with Crippen LogP contribution >= 0.6 is 12.4 Å². The molecule has 0 saturated heterocycles. The number of carbonyl (C=O) groups is 1. The lowest BCUT2D eigenvalue weighted by Crippen LogP contribution is -2.14. The summed E-state index contributed by atoms with van der Waals surface area (Å²) in [6.45, 7) is 0. The number of halogens is 1. The third-order valence-electron chi connectivity index (χ3n) is 1.34. The van der Waals surface area contributed by atoms with Gasteiger partial charge in [0.05, 0.1) is 12.8 Å². The Balaban J connectivity index is 0.00000144. The molecule has 0 fully saturated rings. The van der Waals surface area contributed by atoms with Crippen molar-refractivity contribution in [2.75, 3.05) is 12.5 Å². The highest BCUT2D eigenvalue weighted by Gasteiger charge is 2.10. The SMILES string of the molecule is COC(=O)c1ncccc1NN.Cl. The number of nitrogens with two attached hydrogens (primary N) is 1. The number of rotatable bonds is 2. The molecular formula is C7H10ClN3O2. The van der Waals surface area contributed by atoms with Gasteiger partial charge in [-0.1, -0.05) is 0 Å². The predicted octanol–water partition coefficient (Wildman–Crippen LogP) is 0.576. The van der Waals surface area contributed by atoms with Crippen molar-refractivity contribution >= 4 is 24.1 Å². The molecule has 0 aliphatic carbocycles. The van der Waals surface area contributed by atoms with Crippen molar-refractivity contribution in [2.24, 2.45) is 5.84 Å². The number of nitrogens with zero attached hydrogens (tertiary/aromatic N) is 1. The van der Waals surface area contributed by atoms with Gasteiger partial charge in [0, 0.05) is 6.20 Å². The van der Waals surface area contributed by atoms with E-state index in [1.165, 1.54) is 13.3 Å². The zero-order chi connectivity index (χ0) is 8.97. The molecular weight excluding hydrogens is 194 g/mol. The van der Waals surface area contributed by atoms with E-state index in [1.54, 1.807) is 12.1 Å². The molecule has 0 aromatic carbocycles. The van der Waals surface area contributed by atoms with E-state index in [0.717, 1.165) is 0 Å². The monoisotopic (exact) mass is 203 g/mol. The number of hydrazine groups is 1. The molecule has 0 aliphatic rings. The van der Waals surface area contributed by atoms with Gasteiger partial charge >= 0.3 is 5.97 Å². The van der Waals surface area contributed by atoms with Gasteiger partial charge in [-0.15, -0.1) is 12.4 Å². The number of carbonyl (C=O) groups excluding carboxylic acids is 1. The molecule has 0 unspecified atom stereocenters. The maximum Gasteiger partial charge on any atom is 0.358 e. The summed E-state index contributed by atoms with van der Waals surface area (Å²) < 4.78 is 4.48. The second kappa shape index (κ2) is 5.34. The quantitative estimate of drug-likeness (QED) is 0.418. The van der Waals surface area contributed by atoms with Crippen molar-refractivity contribution < 1.29 is 9.53 Å². The maximum absolute atomic E-state index is 11.0. The lowest BCUT2D eigenvalue weighted by molar-refractivity contribution is 0.0595. The van der Waals surface area contributed by atoms with Gasteiger partial charge in [0.15, 0.2) is 5.69 Å². The van der Waals surface area contributed by atoms with Crippen LogP contribution in [0.2, 0.25) is 0 Å². The minimum Gasteiger partial charge on any atom is -0.464 e. The highest BCUT2D eigenvalue weighted by Crippen LogP contribution is 2.10.